The van der Waals surface area contributed by atoms with Crippen molar-refractivity contribution in [3.05, 3.63) is 35.4 Å². The quantitative estimate of drug-likeness (QED) is 0.791. The van der Waals surface area contributed by atoms with Crippen molar-refractivity contribution in [3.63, 3.8) is 0 Å². The summed E-state index contributed by atoms with van der Waals surface area (Å²) in [7, 11) is 0. The number of carboxylic acids is 1. The maximum absolute atomic E-state index is 10.6. The largest absolute Gasteiger partial charge is 0.481 e. The number of rotatable bonds is 8. The predicted molar refractivity (Wildman–Crippen MR) is 78.1 cm³/mol. The Kier molecular flexibility index (Phi) is 6.75. The first-order valence-electron chi connectivity index (χ1n) is 6.90. The van der Waals surface area contributed by atoms with E-state index in [0.29, 0.717) is 12.3 Å². The standard InChI is InChI=1S/C16H22N2O2/c1-13(2)11-18(9-3-8-17)12-15-6-4-14(5-7-15)10-16(19)20/h4-7,13H,3,9-12H2,1-2H3,(H,19,20). The second-order valence-corrected chi connectivity index (χ2v) is 5.42. The molecule has 20 heavy (non-hydrogen) atoms. The van der Waals surface area contributed by atoms with Gasteiger partial charge in [-0.3, -0.25) is 9.69 Å². The highest BCUT2D eigenvalue weighted by Gasteiger charge is 2.08. The first-order chi connectivity index (χ1) is 9.51. The van der Waals surface area contributed by atoms with E-state index >= 15 is 0 Å². The minimum atomic E-state index is -0.812. The van der Waals surface area contributed by atoms with Crippen molar-refractivity contribution in [1.82, 2.24) is 4.90 Å². The lowest BCUT2D eigenvalue weighted by Gasteiger charge is -2.23. The van der Waals surface area contributed by atoms with Gasteiger partial charge in [-0.15, -0.1) is 0 Å². The van der Waals surface area contributed by atoms with Crippen LogP contribution in [0.15, 0.2) is 24.3 Å². The van der Waals surface area contributed by atoms with E-state index in [9.17, 15) is 4.79 Å². The van der Waals surface area contributed by atoms with Gasteiger partial charge >= 0.3 is 5.97 Å². The van der Waals surface area contributed by atoms with E-state index in [0.717, 1.165) is 30.8 Å². The molecule has 108 valence electrons. The van der Waals surface area contributed by atoms with E-state index in [1.54, 1.807) is 0 Å². The molecule has 0 atom stereocenters. The molecule has 0 fully saturated rings. The van der Waals surface area contributed by atoms with E-state index in [1.807, 2.05) is 24.3 Å². The average molecular weight is 274 g/mol. The van der Waals surface area contributed by atoms with E-state index in [1.165, 1.54) is 0 Å². The summed E-state index contributed by atoms with van der Waals surface area (Å²) in [5, 5.41) is 17.4. The Labute approximate surface area is 120 Å². The monoisotopic (exact) mass is 274 g/mol. The summed E-state index contributed by atoms with van der Waals surface area (Å²) in [5.41, 5.74) is 1.96. The molecule has 1 N–H and O–H groups in total. The lowest BCUT2D eigenvalue weighted by molar-refractivity contribution is -0.136. The molecule has 1 rings (SSSR count). The van der Waals surface area contributed by atoms with Gasteiger partial charge in [-0.05, 0) is 17.0 Å². The first kappa shape index (κ1) is 16.2. The molecule has 0 aliphatic rings. The van der Waals surface area contributed by atoms with Crippen LogP contribution >= 0.6 is 0 Å². The maximum Gasteiger partial charge on any atom is 0.307 e. The lowest BCUT2D eigenvalue weighted by Crippen LogP contribution is -2.28. The van der Waals surface area contributed by atoms with Crippen LogP contribution in [0.3, 0.4) is 0 Å². The lowest BCUT2D eigenvalue weighted by atomic mass is 10.1. The Morgan fingerprint density at radius 2 is 1.90 bits per heavy atom. The molecule has 0 saturated carbocycles. The van der Waals surface area contributed by atoms with Gasteiger partial charge in [-0.25, -0.2) is 0 Å². The number of benzene rings is 1. The Morgan fingerprint density at radius 3 is 2.40 bits per heavy atom. The number of hydrogen-bond donors (Lipinski definition) is 1. The molecule has 4 heteroatoms. The van der Waals surface area contributed by atoms with Crippen LogP contribution in [0.25, 0.3) is 0 Å². The minimum absolute atomic E-state index is 0.0599. The molecule has 0 aromatic heterocycles. The SMILES string of the molecule is CC(C)CN(CCC#N)Cc1ccc(CC(=O)O)cc1. The fourth-order valence-corrected chi connectivity index (χ4v) is 2.15. The summed E-state index contributed by atoms with van der Waals surface area (Å²) >= 11 is 0. The van der Waals surface area contributed by atoms with Gasteiger partial charge in [0, 0.05) is 26.1 Å². The highest BCUT2D eigenvalue weighted by atomic mass is 16.4. The highest BCUT2D eigenvalue weighted by Crippen LogP contribution is 2.10. The van der Waals surface area contributed by atoms with Crippen LogP contribution in [-0.4, -0.2) is 29.1 Å². The van der Waals surface area contributed by atoms with Crippen molar-refractivity contribution < 1.29 is 9.90 Å². The molecular formula is C16H22N2O2. The van der Waals surface area contributed by atoms with Crippen LogP contribution < -0.4 is 0 Å². The van der Waals surface area contributed by atoms with Crippen LogP contribution in [-0.2, 0) is 17.8 Å². The number of carboxylic acid groups (broad SMARTS) is 1. The van der Waals surface area contributed by atoms with Gasteiger partial charge in [-0.1, -0.05) is 38.1 Å². The van der Waals surface area contributed by atoms with Crippen molar-refractivity contribution in [2.45, 2.75) is 33.2 Å². The van der Waals surface area contributed by atoms with E-state index in [-0.39, 0.29) is 6.42 Å². The summed E-state index contributed by atoms with van der Waals surface area (Å²) in [6, 6.07) is 9.85. The van der Waals surface area contributed by atoms with E-state index < -0.39 is 5.97 Å². The van der Waals surface area contributed by atoms with Gasteiger partial charge in [0.15, 0.2) is 0 Å². The zero-order chi connectivity index (χ0) is 15.0. The number of aliphatic carboxylic acids is 1. The van der Waals surface area contributed by atoms with Crippen LogP contribution in [0.1, 0.15) is 31.4 Å². The first-order valence-corrected chi connectivity index (χ1v) is 6.90. The summed E-state index contributed by atoms with van der Waals surface area (Å²) in [6.45, 7) is 6.85. The summed E-state index contributed by atoms with van der Waals surface area (Å²) < 4.78 is 0. The third kappa shape index (κ3) is 6.35. The van der Waals surface area contributed by atoms with Gasteiger partial charge in [0.25, 0.3) is 0 Å². The molecule has 0 amide bonds. The molecular weight excluding hydrogens is 252 g/mol. The molecule has 0 unspecified atom stereocenters. The molecule has 0 aliphatic carbocycles. The minimum Gasteiger partial charge on any atom is -0.481 e. The molecule has 0 spiro atoms. The highest BCUT2D eigenvalue weighted by molar-refractivity contribution is 5.70. The third-order valence-corrected chi connectivity index (χ3v) is 2.95. The number of carbonyl (C=O) groups is 1. The van der Waals surface area contributed by atoms with Gasteiger partial charge in [-0.2, -0.15) is 5.26 Å². The summed E-state index contributed by atoms with van der Waals surface area (Å²) in [4.78, 5) is 12.9. The molecule has 0 bridgehead atoms. The number of nitriles is 1. The van der Waals surface area contributed by atoms with Crippen LogP contribution in [0, 0.1) is 17.2 Å². The topological polar surface area (TPSA) is 64.3 Å². The number of nitrogens with zero attached hydrogens (tertiary/aromatic N) is 2. The van der Waals surface area contributed by atoms with Crippen LogP contribution in [0.2, 0.25) is 0 Å². The second-order valence-electron chi connectivity index (χ2n) is 5.42. The third-order valence-electron chi connectivity index (χ3n) is 2.95. The van der Waals surface area contributed by atoms with Crippen molar-refractivity contribution in [2.24, 2.45) is 5.92 Å². The molecule has 0 aliphatic heterocycles. The van der Waals surface area contributed by atoms with Gasteiger partial charge in [0.05, 0.1) is 12.5 Å². The maximum atomic E-state index is 10.6. The molecule has 1 aromatic carbocycles. The summed E-state index contributed by atoms with van der Waals surface area (Å²) in [6.07, 6.45) is 0.592. The fraction of sp³-hybridized carbons (Fsp3) is 0.500. The van der Waals surface area contributed by atoms with Crippen LogP contribution in [0.5, 0.6) is 0 Å². The van der Waals surface area contributed by atoms with Crippen molar-refractivity contribution in [3.8, 4) is 6.07 Å². The summed E-state index contributed by atoms with van der Waals surface area (Å²) in [5.74, 6) is -0.256. The van der Waals surface area contributed by atoms with Gasteiger partial charge < -0.3 is 5.11 Å². The number of hydrogen-bond acceptors (Lipinski definition) is 3. The molecule has 4 nitrogen and oxygen atoms in total. The van der Waals surface area contributed by atoms with Gasteiger partial charge in [0.2, 0.25) is 0 Å². The Balaban J connectivity index is 2.63. The van der Waals surface area contributed by atoms with Crippen molar-refractivity contribution in [2.75, 3.05) is 13.1 Å². The van der Waals surface area contributed by atoms with Crippen molar-refractivity contribution >= 4 is 5.97 Å². The Morgan fingerprint density at radius 1 is 1.30 bits per heavy atom. The average Bonchev–Trinajstić information content (AvgIpc) is 2.37. The Bertz CT molecular complexity index is 460. The van der Waals surface area contributed by atoms with E-state index in [4.69, 9.17) is 10.4 Å². The molecule has 1 aromatic rings. The van der Waals surface area contributed by atoms with Crippen molar-refractivity contribution in [1.29, 1.82) is 5.26 Å². The second kappa shape index (κ2) is 8.34. The Hall–Kier alpha value is -1.86. The van der Waals surface area contributed by atoms with Gasteiger partial charge in [0.1, 0.15) is 0 Å². The zero-order valence-corrected chi connectivity index (χ0v) is 12.2. The zero-order valence-electron chi connectivity index (χ0n) is 12.2. The normalized spacial score (nSPS) is 10.8. The van der Waals surface area contributed by atoms with Crippen LogP contribution in [0.4, 0.5) is 0 Å². The van der Waals surface area contributed by atoms with E-state index in [2.05, 4.69) is 24.8 Å². The fourth-order valence-electron chi connectivity index (χ4n) is 2.15. The molecule has 0 saturated heterocycles. The molecule has 0 heterocycles. The predicted octanol–water partition coefficient (Wildman–Crippen LogP) is 2.69. The smallest absolute Gasteiger partial charge is 0.307 e. The molecule has 0 radical (unpaired) electrons.